The van der Waals surface area contributed by atoms with Crippen LogP contribution in [0.25, 0.3) is 12.2 Å². The van der Waals surface area contributed by atoms with Crippen LogP contribution < -0.4 is 5.43 Å². The fourth-order valence-corrected chi connectivity index (χ4v) is 3.50. The number of hydrogen-bond donors (Lipinski definition) is 3. The van der Waals surface area contributed by atoms with Gasteiger partial charge >= 0.3 is 0 Å². The van der Waals surface area contributed by atoms with Gasteiger partial charge in [-0.05, 0) is 29.3 Å². The number of nitrogens with one attached hydrogen (secondary N) is 1. The van der Waals surface area contributed by atoms with E-state index in [-0.39, 0.29) is 16.8 Å². The molecule has 0 aliphatic rings. The maximum atomic E-state index is 11.5. The normalized spacial score (nSPS) is 12.2. The third-order valence-electron chi connectivity index (χ3n) is 3.15. The van der Waals surface area contributed by atoms with Crippen molar-refractivity contribution < 1.29 is 31.0 Å². The van der Waals surface area contributed by atoms with Crippen LogP contribution >= 0.6 is 0 Å². The molecule has 0 radical (unpaired) electrons. The molecule has 0 saturated carbocycles. The van der Waals surface area contributed by atoms with Crippen LogP contribution in [-0.4, -0.2) is 31.0 Å². The van der Waals surface area contributed by atoms with Crippen LogP contribution in [0.3, 0.4) is 0 Å². The average Bonchev–Trinajstić information content (AvgIpc) is 2.51. The molecule has 0 fully saturated rings. The van der Waals surface area contributed by atoms with E-state index in [1.165, 1.54) is 42.5 Å². The van der Waals surface area contributed by atoms with Gasteiger partial charge in [-0.25, -0.2) is 10.1 Å². The summed E-state index contributed by atoms with van der Waals surface area (Å²) in [5, 5.41) is 9.54. The van der Waals surface area contributed by atoms with E-state index in [1.54, 1.807) is 5.43 Å². The van der Waals surface area contributed by atoms with Gasteiger partial charge in [0.2, 0.25) is 0 Å². The zero-order valence-corrected chi connectivity index (χ0v) is 14.4. The molecule has 0 spiro atoms. The van der Waals surface area contributed by atoms with Crippen molar-refractivity contribution in [1.82, 2.24) is 0 Å². The smallest absolute Gasteiger partial charge is 0.282 e. The van der Waals surface area contributed by atoms with E-state index in [2.05, 4.69) is 0 Å². The zero-order chi connectivity index (χ0) is 19.5. The Balaban J connectivity index is 2.54. The maximum absolute atomic E-state index is 11.5. The maximum Gasteiger partial charge on any atom is 0.295 e. The summed E-state index contributed by atoms with van der Waals surface area (Å²) >= 11 is 0. The minimum absolute atomic E-state index is 0.0495. The second-order valence-corrected chi connectivity index (χ2v) is 7.72. The van der Waals surface area contributed by atoms with Gasteiger partial charge in [-0.3, -0.25) is 9.11 Å². The van der Waals surface area contributed by atoms with Crippen LogP contribution in [0.4, 0.5) is 5.69 Å². The van der Waals surface area contributed by atoms with Gasteiger partial charge in [0, 0.05) is 0 Å². The first-order valence-corrected chi connectivity index (χ1v) is 9.64. The summed E-state index contributed by atoms with van der Waals surface area (Å²) in [4.78, 5) is 9.43. The lowest BCUT2D eigenvalue weighted by Crippen LogP contribution is -2.09. The minimum atomic E-state index is -4.72. The second kappa shape index (κ2) is 7.21. The molecular formula is C14H12N2O8S2. The van der Waals surface area contributed by atoms with Crippen LogP contribution in [0.5, 0.6) is 0 Å². The molecule has 10 nitrogen and oxygen atoms in total. The summed E-state index contributed by atoms with van der Waals surface area (Å²) in [5.41, 5.74) is 1.60. The Morgan fingerprint density at radius 3 is 1.96 bits per heavy atom. The van der Waals surface area contributed by atoms with E-state index >= 15 is 0 Å². The van der Waals surface area contributed by atoms with E-state index < -0.39 is 35.1 Å². The zero-order valence-electron chi connectivity index (χ0n) is 12.8. The Morgan fingerprint density at radius 2 is 1.42 bits per heavy atom. The van der Waals surface area contributed by atoms with E-state index in [1.807, 2.05) is 0 Å². The molecule has 2 rings (SSSR count). The van der Waals surface area contributed by atoms with Gasteiger partial charge in [-0.2, -0.15) is 16.8 Å². The Bertz CT molecular complexity index is 1090. The van der Waals surface area contributed by atoms with Crippen molar-refractivity contribution in [2.24, 2.45) is 0 Å². The molecule has 0 aliphatic heterocycles. The number of hydrazine groups is 1. The van der Waals surface area contributed by atoms with Crippen LogP contribution in [0.1, 0.15) is 11.1 Å². The summed E-state index contributed by atoms with van der Waals surface area (Å²) < 4.78 is 64.3. The molecule has 0 amide bonds. The van der Waals surface area contributed by atoms with E-state index in [0.29, 0.717) is 0 Å². The summed E-state index contributed by atoms with van der Waals surface area (Å²) in [7, 11) is -9.22. The van der Waals surface area contributed by atoms with Gasteiger partial charge in [0.15, 0.2) is 5.03 Å². The number of nitrogens with zero attached hydrogens (tertiary/aromatic N) is 1. The van der Waals surface area contributed by atoms with Crippen molar-refractivity contribution in [2.75, 3.05) is 5.43 Å². The third kappa shape index (κ3) is 4.86. The lowest BCUT2D eigenvalue weighted by molar-refractivity contribution is -0.445. The lowest BCUT2D eigenvalue weighted by atomic mass is 10.1. The Kier molecular flexibility index (Phi) is 5.41. The fraction of sp³-hybridized carbons (Fsp3) is 0. The molecule has 0 saturated heterocycles. The predicted molar refractivity (Wildman–Crippen MR) is 92.1 cm³/mol. The Hall–Kier alpha value is -2.80. The molecule has 3 N–H and O–H groups in total. The first-order chi connectivity index (χ1) is 12.0. The third-order valence-corrected chi connectivity index (χ3v) is 4.99. The molecule has 0 unspecified atom stereocenters. The predicted octanol–water partition coefficient (Wildman–Crippen LogP) is 1.95. The average molecular weight is 400 g/mol. The van der Waals surface area contributed by atoms with Crippen molar-refractivity contribution >= 4 is 38.1 Å². The number of nitro groups is 1. The molecule has 138 valence electrons. The highest BCUT2D eigenvalue weighted by Crippen LogP contribution is 2.24. The standard InChI is InChI=1S/C14H12N2O8S2/c17-16(18)15-12-8-7-11(14(9-12)26(22,23)24)6-5-10-3-1-2-4-13(10)25(19,20)21/h1-9,15H,(H,19,20,21)(H,22,23,24)/b6-5+. The van der Waals surface area contributed by atoms with Crippen molar-refractivity contribution in [3.8, 4) is 0 Å². The van der Waals surface area contributed by atoms with Crippen LogP contribution in [-0.2, 0) is 20.2 Å². The molecule has 2 aromatic carbocycles. The summed E-state index contributed by atoms with van der Waals surface area (Å²) in [6, 6.07) is 8.66. The first kappa shape index (κ1) is 19.5. The number of benzene rings is 2. The second-order valence-electron chi connectivity index (χ2n) is 4.94. The van der Waals surface area contributed by atoms with Gasteiger partial charge < -0.3 is 0 Å². The van der Waals surface area contributed by atoms with E-state index in [9.17, 15) is 36.1 Å². The number of anilines is 1. The molecule has 0 aromatic heterocycles. The first-order valence-electron chi connectivity index (χ1n) is 6.75. The highest BCUT2D eigenvalue weighted by atomic mass is 32.2. The Labute approximate surface area is 148 Å². The van der Waals surface area contributed by atoms with Crippen LogP contribution in [0.2, 0.25) is 0 Å². The van der Waals surface area contributed by atoms with Gasteiger partial charge in [0.25, 0.3) is 20.2 Å². The summed E-state index contributed by atoms with van der Waals surface area (Å²) in [6.45, 7) is 0. The van der Waals surface area contributed by atoms with Gasteiger partial charge in [-0.1, -0.05) is 36.4 Å². The molecule has 12 heteroatoms. The van der Waals surface area contributed by atoms with Crippen LogP contribution in [0.15, 0.2) is 52.3 Å². The fourth-order valence-electron chi connectivity index (χ4n) is 2.10. The van der Waals surface area contributed by atoms with Crippen LogP contribution in [0, 0.1) is 10.1 Å². The SMILES string of the molecule is O=[N+]([O-])Nc1ccc(/C=C/c2ccccc2S(=O)(=O)O)c(S(=O)(=O)O)c1. The van der Waals surface area contributed by atoms with Gasteiger partial charge in [-0.15, -0.1) is 5.43 Å². The molecule has 2 aromatic rings. The highest BCUT2D eigenvalue weighted by Gasteiger charge is 2.17. The molecule has 26 heavy (non-hydrogen) atoms. The minimum Gasteiger partial charge on any atom is -0.282 e. The van der Waals surface area contributed by atoms with Crippen molar-refractivity contribution in [3.05, 3.63) is 63.7 Å². The molecule has 0 heterocycles. The molecule has 0 aliphatic carbocycles. The van der Waals surface area contributed by atoms with Gasteiger partial charge in [0.1, 0.15) is 15.5 Å². The van der Waals surface area contributed by atoms with E-state index in [4.69, 9.17) is 0 Å². The number of rotatable bonds is 6. The summed E-state index contributed by atoms with van der Waals surface area (Å²) in [6.07, 6.45) is 2.40. The quantitative estimate of drug-likeness (QED) is 0.284. The highest BCUT2D eigenvalue weighted by molar-refractivity contribution is 7.86. The van der Waals surface area contributed by atoms with Crippen molar-refractivity contribution in [1.29, 1.82) is 0 Å². The van der Waals surface area contributed by atoms with Crippen molar-refractivity contribution in [3.63, 3.8) is 0 Å². The molecule has 0 atom stereocenters. The monoisotopic (exact) mass is 400 g/mol. The van der Waals surface area contributed by atoms with Gasteiger partial charge in [0.05, 0.1) is 0 Å². The topological polar surface area (TPSA) is 164 Å². The summed E-state index contributed by atoms with van der Waals surface area (Å²) in [5.74, 6) is 0. The molecular weight excluding hydrogens is 388 g/mol. The largest absolute Gasteiger partial charge is 0.295 e. The van der Waals surface area contributed by atoms with Crippen molar-refractivity contribution in [2.45, 2.75) is 9.79 Å². The molecule has 0 bridgehead atoms. The Morgan fingerprint density at radius 1 is 0.885 bits per heavy atom. The van der Waals surface area contributed by atoms with E-state index in [0.717, 1.165) is 12.1 Å². The lowest BCUT2D eigenvalue weighted by Gasteiger charge is -2.06. The number of hydrogen-bond acceptors (Lipinski definition) is 6.